The third kappa shape index (κ3) is 3.93. The van der Waals surface area contributed by atoms with Crippen LogP contribution in [0.2, 0.25) is 0 Å². The van der Waals surface area contributed by atoms with Gasteiger partial charge in [-0.1, -0.05) is 33.3 Å². The van der Waals surface area contributed by atoms with Crippen LogP contribution >= 0.6 is 0 Å². The minimum atomic E-state index is 0.424. The average molecular weight is 289 g/mol. The summed E-state index contributed by atoms with van der Waals surface area (Å²) in [6.07, 6.45) is 6.42. The molecule has 1 aliphatic carbocycles. The quantitative estimate of drug-likeness (QED) is 0.713. The van der Waals surface area contributed by atoms with Gasteiger partial charge in [0.25, 0.3) is 0 Å². The largest absolute Gasteiger partial charge is 0.507 e. The van der Waals surface area contributed by atoms with Crippen molar-refractivity contribution in [2.75, 3.05) is 5.32 Å². The molecule has 1 saturated carbocycles. The number of anilines is 1. The highest BCUT2D eigenvalue weighted by atomic mass is 16.3. The molecule has 0 aliphatic heterocycles. The zero-order valence-corrected chi connectivity index (χ0v) is 14.3. The standard InChI is InChI=1S/C19H31NO/c1-13-9-12-17(14(2)18(13)21)20-16-8-6-7-15(10-11-16)19(3,4)5/h9,12,15-16,20-21H,6-8,10-11H2,1-5H3. The third-order valence-corrected chi connectivity index (χ3v) is 5.19. The van der Waals surface area contributed by atoms with Crippen LogP contribution in [0.3, 0.4) is 0 Å². The molecule has 0 bridgehead atoms. The number of aryl methyl sites for hydroxylation is 1. The fourth-order valence-electron chi connectivity index (χ4n) is 3.52. The van der Waals surface area contributed by atoms with E-state index >= 15 is 0 Å². The normalized spacial score (nSPS) is 23.7. The van der Waals surface area contributed by atoms with Crippen molar-refractivity contribution in [2.45, 2.75) is 72.8 Å². The zero-order chi connectivity index (χ0) is 15.6. The van der Waals surface area contributed by atoms with Gasteiger partial charge in [0.1, 0.15) is 5.75 Å². The van der Waals surface area contributed by atoms with Gasteiger partial charge in [0, 0.05) is 17.3 Å². The van der Waals surface area contributed by atoms with E-state index in [4.69, 9.17) is 0 Å². The van der Waals surface area contributed by atoms with Crippen LogP contribution in [0, 0.1) is 25.2 Å². The number of rotatable bonds is 2. The van der Waals surface area contributed by atoms with Gasteiger partial charge >= 0.3 is 0 Å². The summed E-state index contributed by atoms with van der Waals surface area (Å²) in [5, 5.41) is 13.8. The summed E-state index contributed by atoms with van der Waals surface area (Å²) in [5.74, 6) is 1.26. The highest BCUT2D eigenvalue weighted by Crippen LogP contribution is 2.38. The molecule has 2 nitrogen and oxygen atoms in total. The van der Waals surface area contributed by atoms with E-state index in [1.165, 1.54) is 32.1 Å². The molecule has 0 aromatic heterocycles. The van der Waals surface area contributed by atoms with E-state index < -0.39 is 0 Å². The Balaban J connectivity index is 2.03. The third-order valence-electron chi connectivity index (χ3n) is 5.19. The second kappa shape index (κ2) is 6.29. The number of phenols is 1. The lowest BCUT2D eigenvalue weighted by Crippen LogP contribution is -2.22. The monoisotopic (exact) mass is 289 g/mol. The van der Waals surface area contributed by atoms with Crippen LogP contribution in [0.25, 0.3) is 0 Å². The second-order valence-electron chi connectivity index (χ2n) is 7.82. The van der Waals surface area contributed by atoms with E-state index in [-0.39, 0.29) is 0 Å². The van der Waals surface area contributed by atoms with Gasteiger partial charge in [-0.15, -0.1) is 0 Å². The predicted octanol–water partition coefficient (Wildman–Crippen LogP) is 5.42. The zero-order valence-electron chi connectivity index (χ0n) is 14.3. The molecule has 0 amide bonds. The van der Waals surface area contributed by atoms with Gasteiger partial charge in [0.15, 0.2) is 0 Å². The van der Waals surface area contributed by atoms with Crippen molar-refractivity contribution in [2.24, 2.45) is 11.3 Å². The summed E-state index contributed by atoms with van der Waals surface area (Å²) >= 11 is 0. The molecule has 2 rings (SSSR count). The molecule has 0 radical (unpaired) electrons. The fourth-order valence-corrected chi connectivity index (χ4v) is 3.52. The topological polar surface area (TPSA) is 32.3 Å². The van der Waals surface area contributed by atoms with E-state index in [9.17, 15) is 5.11 Å². The average Bonchev–Trinajstić information content (AvgIpc) is 2.65. The first-order chi connectivity index (χ1) is 9.79. The molecule has 2 unspecified atom stereocenters. The molecule has 1 aromatic rings. The molecule has 2 N–H and O–H groups in total. The molecule has 118 valence electrons. The Bertz CT molecular complexity index is 487. The summed E-state index contributed by atoms with van der Waals surface area (Å²) in [7, 11) is 0. The highest BCUT2D eigenvalue weighted by molar-refractivity contribution is 5.59. The number of hydrogen-bond donors (Lipinski definition) is 2. The van der Waals surface area contributed by atoms with Crippen molar-refractivity contribution in [3.8, 4) is 5.75 Å². The van der Waals surface area contributed by atoms with Crippen molar-refractivity contribution >= 4 is 5.69 Å². The van der Waals surface area contributed by atoms with Crippen LogP contribution in [0.15, 0.2) is 12.1 Å². The second-order valence-corrected chi connectivity index (χ2v) is 7.82. The fraction of sp³-hybridized carbons (Fsp3) is 0.684. The van der Waals surface area contributed by atoms with Crippen molar-refractivity contribution < 1.29 is 5.11 Å². The van der Waals surface area contributed by atoms with Crippen molar-refractivity contribution in [1.29, 1.82) is 0 Å². The van der Waals surface area contributed by atoms with Gasteiger partial charge in [0.2, 0.25) is 0 Å². The summed E-state index contributed by atoms with van der Waals surface area (Å²) in [6, 6.07) is 4.65. The first kappa shape index (κ1) is 16.2. The Morgan fingerprint density at radius 3 is 2.43 bits per heavy atom. The van der Waals surface area contributed by atoms with Gasteiger partial charge in [-0.05, 0) is 62.5 Å². The van der Waals surface area contributed by atoms with Crippen LogP contribution < -0.4 is 5.32 Å². The van der Waals surface area contributed by atoms with Gasteiger partial charge in [-0.3, -0.25) is 0 Å². The molecule has 0 spiro atoms. The minimum absolute atomic E-state index is 0.424. The Morgan fingerprint density at radius 2 is 1.76 bits per heavy atom. The van der Waals surface area contributed by atoms with E-state index in [1.807, 2.05) is 19.9 Å². The maximum absolute atomic E-state index is 10.1. The molecule has 1 aliphatic rings. The van der Waals surface area contributed by atoms with Crippen LogP contribution in [0.4, 0.5) is 5.69 Å². The summed E-state index contributed by atoms with van der Waals surface area (Å²) < 4.78 is 0. The van der Waals surface area contributed by atoms with Crippen molar-refractivity contribution in [3.63, 3.8) is 0 Å². The van der Waals surface area contributed by atoms with E-state index in [0.29, 0.717) is 17.2 Å². The summed E-state index contributed by atoms with van der Waals surface area (Å²) in [5.41, 5.74) is 3.45. The molecule has 1 aromatic carbocycles. The number of hydrogen-bond acceptors (Lipinski definition) is 2. The van der Waals surface area contributed by atoms with Crippen LogP contribution in [-0.4, -0.2) is 11.1 Å². The molecule has 2 heteroatoms. The Hall–Kier alpha value is -1.18. The lowest BCUT2D eigenvalue weighted by molar-refractivity contribution is 0.214. The molecular weight excluding hydrogens is 258 g/mol. The van der Waals surface area contributed by atoms with Gasteiger partial charge in [-0.25, -0.2) is 0 Å². The van der Waals surface area contributed by atoms with E-state index in [2.05, 4.69) is 32.2 Å². The maximum Gasteiger partial charge on any atom is 0.123 e. The van der Waals surface area contributed by atoms with Gasteiger partial charge < -0.3 is 10.4 Å². The van der Waals surface area contributed by atoms with E-state index in [1.54, 1.807) is 0 Å². The Kier molecular flexibility index (Phi) is 4.85. The first-order valence-electron chi connectivity index (χ1n) is 8.34. The summed E-state index contributed by atoms with van der Waals surface area (Å²) in [6.45, 7) is 11.1. The van der Waals surface area contributed by atoms with Crippen molar-refractivity contribution in [1.82, 2.24) is 0 Å². The van der Waals surface area contributed by atoms with Gasteiger partial charge in [-0.2, -0.15) is 0 Å². The SMILES string of the molecule is Cc1ccc(NC2CCCC(C(C)(C)C)CC2)c(C)c1O. The number of phenolic OH excluding ortho intramolecular Hbond substituents is 1. The number of benzene rings is 1. The van der Waals surface area contributed by atoms with Crippen LogP contribution in [0.5, 0.6) is 5.75 Å². The smallest absolute Gasteiger partial charge is 0.123 e. The Morgan fingerprint density at radius 1 is 1.05 bits per heavy atom. The van der Waals surface area contributed by atoms with Crippen molar-refractivity contribution in [3.05, 3.63) is 23.3 Å². The molecule has 2 atom stereocenters. The first-order valence-corrected chi connectivity index (χ1v) is 8.34. The number of nitrogens with one attached hydrogen (secondary N) is 1. The molecular formula is C19H31NO. The Labute approximate surface area is 130 Å². The lowest BCUT2D eigenvalue weighted by atomic mass is 9.76. The molecule has 21 heavy (non-hydrogen) atoms. The summed E-state index contributed by atoms with van der Waals surface area (Å²) in [4.78, 5) is 0. The number of aromatic hydroxyl groups is 1. The van der Waals surface area contributed by atoms with E-state index in [0.717, 1.165) is 22.7 Å². The molecule has 1 fully saturated rings. The highest BCUT2D eigenvalue weighted by Gasteiger charge is 2.27. The molecule has 0 saturated heterocycles. The minimum Gasteiger partial charge on any atom is -0.507 e. The predicted molar refractivity (Wildman–Crippen MR) is 91.0 cm³/mol. The van der Waals surface area contributed by atoms with Gasteiger partial charge in [0.05, 0.1) is 0 Å². The maximum atomic E-state index is 10.1. The van der Waals surface area contributed by atoms with Crippen LogP contribution in [0.1, 0.15) is 64.0 Å². The lowest BCUT2D eigenvalue weighted by Gasteiger charge is -2.29. The van der Waals surface area contributed by atoms with Crippen LogP contribution in [-0.2, 0) is 0 Å². The molecule has 0 heterocycles.